The van der Waals surface area contributed by atoms with E-state index in [1.54, 1.807) is 0 Å². The van der Waals surface area contributed by atoms with Crippen molar-refractivity contribution in [1.82, 2.24) is 0 Å². The summed E-state index contributed by atoms with van der Waals surface area (Å²) < 4.78 is 5.84. The minimum atomic E-state index is 0.00864. The van der Waals surface area contributed by atoms with E-state index in [-0.39, 0.29) is 11.9 Å². The van der Waals surface area contributed by atoms with Gasteiger partial charge in [0.05, 0.1) is 6.10 Å². The lowest BCUT2D eigenvalue weighted by Gasteiger charge is -2.22. The lowest BCUT2D eigenvalue weighted by atomic mass is 9.91. The largest absolute Gasteiger partial charge is 0.370 e. The van der Waals surface area contributed by atoms with Gasteiger partial charge in [0.2, 0.25) is 0 Å². The predicted molar refractivity (Wildman–Crippen MR) is 71.0 cm³/mol. The number of rotatable bonds is 6. The molecule has 1 atom stereocenters. The Morgan fingerprint density at radius 3 is 2.53 bits per heavy atom. The molecule has 0 bridgehead atoms. The van der Waals surface area contributed by atoms with E-state index < -0.39 is 0 Å². The summed E-state index contributed by atoms with van der Waals surface area (Å²) in [4.78, 5) is 11.7. The van der Waals surface area contributed by atoms with Crippen molar-refractivity contribution >= 4 is 5.78 Å². The zero-order valence-corrected chi connectivity index (χ0v) is 11.5. The highest BCUT2D eigenvalue weighted by Crippen LogP contribution is 2.23. The first-order valence-corrected chi connectivity index (χ1v) is 6.60. The number of ether oxygens (including phenoxy) is 1. The molecule has 1 unspecified atom stereocenters. The zero-order chi connectivity index (χ0) is 12.8. The number of unbranched alkanes of at least 4 members (excludes halogenated alkanes) is 3. The topological polar surface area (TPSA) is 26.3 Å². The fraction of sp³-hybridized carbons (Fsp3) is 0.667. The Bertz CT molecular complexity index is 337. The van der Waals surface area contributed by atoms with E-state index in [0.29, 0.717) is 0 Å². The quantitative estimate of drug-likeness (QED) is 0.655. The average Bonchev–Trinajstić information content (AvgIpc) is 2.32. The SMILES string of the molecule is CCCCCCOC1C=C(C)C(=O)C(C)=C1C. The number of carbonyl (C=O) groups excluding carboxylic acids is 1. The third kappa shape index (κ3) is 3.81. The van der Waals surface area contributed by atoms with Gasteiger partial charge in [0.15, 0.2) is 5.78 Å². The maximum absolute atomic E-state index is 11.7. The molecule has 0 aromatic rings. The molecule has 0 fully saturated rings. The van der Waals surface area contributed by atoms with Crippen LogP contribution in [0.5, 0.6) is 0 Å². The highest BCUT2D eigenvalue weighted by atomic mass is 16.5. The summed E-state index contributed by atoms with van der Waals surface area (Å²) in [6.45, 7) is 8.74. The molecule has 0 saturated heterocycles. The maximum atomic E-state index is 11.7. The standard InChI is InChI=1S/C15H24O2/c1-5-6-7-8-9-17-14-10-11(2)15(16)13(4)12(14)3/h10,14H,5-9H2,1-4H3. The maximum Gasteiger partial charge on any atom is 0.184 e. The van der Waals surface area contributed by atoms with E-state index in [0.717, 1.165) is 29.7 Å². The molecule has 96 valence electrons. The molecule has 1 rings (SSSR count). The highest BCUT2D eigenvalue weighted by Gasteiger charge is 2.22. The van der Waals surface area contributed by atoms with Crippen LogP contribution in [0, 0.1) is 0 Å². The van der Waals surface area contributed by atoms with Crippen LogP contribution in [0.15, 0.2) is 22.8 Å². The fourth-order valence-electron chi connectivity index (χ4n) is 2.03. The first-order valence-electron chi connectivity index (χ1n) is 6.60. The third-order valence-corrected chi connectivity index (χ3v) is 3.41. The lowest BCUT2D eigenvalue weighted by Crippen LogP contribution is -2.22. The van der Waals surface area contributed by atoms with E-state index in [9.17, 15) is 4.79 Å². The third-order valence-electron chi connectivity index (χ3n) is 3.41. The second-order valence-electron chi connectivity index (χ2n) is 4.84. The molecule has 0 N–H and O–H groups in total. The molecule has 17 heavy (non-hydrogen) atoms. The van der Waals surface area contributed by atoms with Gasteiger partial charge < -0.3 is 4.74 Å². The van der Waals surface area contributed by atoms with Crippen LogP contribution in [0.2, 0.25) is 0 Å². The van der Waals surface area contributed by atoms with E-state index in [2.05, 4.69) is 6.92 Å². The minimum absolute atomic E-state index is 0.00864. The molecular formula is C15H24O2. The highest BCUT2D eigenvalue weighted by molar-refractivity contribution is 6.09. The summed E-state index contributed by atoms with van der Waals surface area (Å²) in [6.07, 6.45) is 6.81. The molecular weight excluding hydrogens is 212 g/mol. The molecule has 1 aliphatic rings. The van der Waals surface area contributed by atoms with Crippen LogP contribution in [0.1, 0.15) is 53.4 Å². The van der Waals surface area contributed by atoms with Gasteiger partial charge in [-0.25, -0.2) is 0 Å². The Kier molecular flexibility index (Phi) is 5.63. The second kappa shape index (κ2) is 6.75. The number of hydrogen-bond donors (Lipinski definition) is 0. The van der Waals surface area contributed by atoms with Gasteiger partial charge in [-0.3, -0.25) is 4.79 Å². The first kappa shape index (κ1) is 14.2. The molecule has 1 aliphatic carbocycles. The smallest absolute Gasteiger partial charge is 0.184 e. The van der Waals surface area contributed by atoms with Crippen LogP contribution in [0.4, 0.5) is 0 Å². The number of hydrogen-bond acceptors (Lipinski definition) is 2. The summed E-state index contributed by atoms with van der Waals surface area (Å²) in [7, 11) is 0. The summed E-state index contributed by atoms with van der Waals surface area (Å²) >= 11 is 0. The average molecular weight is 236 g/mol. The van der Waals surface area contributed by atoms with Crippen LogP contribution in [0.25, 0.3) is 0 Å². The van der Waals surface area contributed by atoms with Crippen molar-refractivity contribution in [3.05, 3.63) is 22.8 Å². The van der Waals surface area contributed by atoms with Crippen molar-refractivity contribution < 1.29 is 9.53 Å². The molecule has 2 nitrogen and oxygen atoms in total. The Morgan fingerprint density at radius 2 is 1.88 bits per heavy atom. The van der Waals surface area contributed by atoms with Crippen molar-refractivity contribution in [2.75, 3.05) is 6.61 Å². The van der Waals surface area contributed by atoms with Gasteiger partial charge in [0.1, 0.15) is 0 Å². The van der Waals surface area contributed by atoms with E-state index in [1.807, 2.05) is 26.8 Å². The van der Waals surface area contributed by atoms with Crippen LogP contribution >= 0.6 is 0 Å². The first-order chi connectivity index (χ1) is 8.07. The summed E-state index contributed by atoms with van der Waals surface area (Å²) in [6, 6.07) is 0. The van der Waals surface area contributed by atoms with Crippen LogP contribution in [-0.2, 0) is 9.53 Å². The number of Topliss-reactive ketones (excluding diaryl/α,β-unsaturated/α-hetero) is 1. The van der Waals surface area contributed by atoms with Crippen LogP contribution < -0.4 is 0 Å². The minimum Gasteiger partial charge on any atom is -0.370 e. The van der Waals surface area contributed by atoms with Gasteiger partial charge >= 0.3 is 0 Å². The molecule has 0 amide bonds. The molecule has 0 aromatic heterocycles. The van der Waals surface area contributed by atoms with Gasteiger partial charge in [-0.1, -0.05) is 26.2 Å². The van der Waals surface area contributed by atoms with Gasteiger partial charge in [0.25, 0.3) is 0 Å². The normalized spacial score (nSPS) is 20.8. The molecule has 0 saturated carbocycles. The molecule has 0 radical (unpaired) electrons. The van der Waals surface area contributed by atoms with Gasteiger partial charge in [-0.2, -0.15) is 0 Å². The second-order valence-corrected chi connectivity index (χ2v) is 4.84. The van der Waals surface area contributed by atoms with Crippen molar-refractivity contribution in [1.29, 1.82) is 0 Å². The molecule has 0 spiro atoms. The van der Waals surface area contributed by atoms with Gasteiger partial charge in [-0.05, 0) is 50.0 Å². The summed E-state index contributed by atoms with van der Waals surface area (Å²) in [5, 5.41) is 0. The lowest BCUT2D eigenvalue weighted by molar-refractivity contribution is -0.112. The summed E-state index contributed by atoms with van der Waals surface area (Å²) in [5.41, 5.74) is 2.73. The Morgan fingerprint density at radius 1 is 1.18 bits per heavy atom. The number of ketones is 1. The Labute approximate surface area is 105 Å². The fourth-order valence-corrected chi connectivity index (χ4v) is 2.03. The monoisotopic (exact) mass is 236 g/mol. The van der Waals surface area contributed by atoms with E-state index in [1.165, 1.54) is 19.3 Å². The van der Waals surface area contributed by atoms with Crippen molar-refractivity contribution in [2.24, 2.45) is 0 Å². The number of allylic oxidation sites excluding steroid dienone is 2. The predicted octanol–water partition coefficient (Wildman–Crippen LogP) is 3.82. The van der Waals surface area contributed by atoms with Crippen LogP contribution in [0.3, 0.4) is 0 Å². The van der Waals surface area contributed by atoms with Gasteiger partial charge in [0, 0.05) is 6.61 Å². The Hall–Kier alpha value is -0.890. The zero-order valence-electron chi connectivity index (χ0n) is 11.5. The van der Waals surface area contributed by atoms with Crippen molar-refractivity contribution in [3.63, 3.8) is 0 Å². The molecule has 0 aromatic carbocycles. The summed E-state index contributed by atoms with van der Waals surface area (Å²) in [5.74, 6) is 0.160. The Balaban J connectivity index is 2.46. The molecule has 0 heterocycles. The van der Waals surface area contributed by atoms with Crippen molar-refractivity contribution in [2.45, 2.75) is 59.5 Å². The molecule has 2 heteroatoms. The van der Waals surface area contributed by atoms with Crippen molar-refractivity contribution in [3.8, 4) is 0 Å². The van der Waals surface area contributed by atoms with E-state index in [4.69, 9.17) is 4.74 Å². The van der Waals surface area contributed by atoms with Gasteiger partial charge in [-0.15, -0.1) is 0 Å². The van der Waals surface area contributed by atoms with Crippen LogP contribution in [-0.4, -0.2) is 18.5 Å². The number of carbonyl (C=O) groups is 1. The van der Waals surface area contributed by atoms with E-state index >= 15 is 0 Å². The molecule has 0 aliphatic heterocycles.